The lowest BCUT2D eigenvalue weighted by Gasteiger charge is -2.01. The monoisotopic (exact) mass is 167 g/mol. The van der Waals surface area contributed by atoms with Gasteiger partial charge in [0.25, 0.3) is 11.8 Å². The van der Waals surface area contributed by atoms with Crippen molar-refractivity contribution in [3.63, 3.8) is 0 Å². The number of carbonyl (C=O) groups excluding carboxylic acids is 2. The third kappa shape index (κ3) is 3.14. The Morgan fingerprint density at radius 3 is 1.83 bits per heavy atom. The third-order valence-electron chi connectivity index (χ3n) is 1.32. The average molecular weight is 167 g/mol. The minimum absolute atomic E-state index is 0.241. The first-order valence-corrected chi connectivity index (χ1v) is 3.74. The van der Waals surface area contributed by atoms with Crippen LogP contribution in [0.4, 0.5) is 0 Å². The molecule has 1 rings (SSSR count). The van der Waals surface area contributed by atoms with E-state index in [1.54, 1.807) is 0 Å². The van der Waals surface area contributed by atoms with E-state index in [0.717, 1.165) is 11.3 Å². The van der Waals surface area contributed by atoms with Gasteiger partial charge in [-0.2, -0.15) is 0 Å². The topological polar surface area (TPSA) is 37.4 Å². The van der Waals surface area contributed by atoms with Gasteiger partial charge in [0.2, 0.25) is 0 Å². The van der Waals surface area contributed by atoms with Crippen molar-refractivity contribution in [1.82, 2.24) is 4.90 Å². The van der Waals surface area contributed by atoms with Crippen LogP contribution in [0.25, 0.3) is 0 Å². The highest BCUT2D eigenvalue weighted by Gasteiger charge is 2.17. The predicted octanol–water partition coefficient (Wildman–Crippen LogP) is 1.12. The highest BCUT2D eigenvalue weighted by Crippen LogP contribution is 1.97. The Morgan fingerprint density at radius 2 is 1.75 bits per heavy atom. The molecule has 1 heterocycles. The fraction of sp³-hybridized carbons (Fsp3) is 0.333. The molecule has 12 heavy (non-hydrogen) atoms. The molecule has 1 aliphatic rings. The summed E-state index contributed by atoms with van der Waals surface area (Å²) in [4.78, 5) is 21.9. The first kappa shape index (κ1) is 10.6. The number of likely N-dealkylation sites (N-methyl/N-ethyl adjacent to an activating group) is 1. The van der Waals surface area contributed by atoms with E-state index in [-0.39, 0.29) is 11.8 Å². The van der Waals surface area contributed by atoms with Crippen molar-refractivity contribution >= 4 is 11.8 Å². The largest absolute Gasteiger partial charge is 0.279 e. The van der Waals surface area contributed by atoms with Crippen LogP contribution in [0.2, 0.25) is 0 Å². The summed E-state index contributed by atoms with van der Waals surface area (Å²) < 4.78 is 0. The lowest BCUT2D eigenvalue weighted by Crippen LogP contribution is -2.24. The number of allylic oxidation sites excluding steroid dienone is 1. The summed E-state index contributed by atoms with van der Waals surface area (Å²) in [5.74, 6) is -0.481. The molecule has 3 heteroatoms. The maximum atomic E-state index is 10.4. The molecule has 1 aliphatic heterocycles. The molecule has 0 N–H and O–H groups in total. The van der Waals surface area contributed by atoms with Crippen LogP contribution in [0.15, 0.2) is 24.8 Å². The molecule has 0 spiro atoms. The highest BCUT2D eigenvalue weighted by atomic mass is 16.2. The fourth-order valence-electron chi connectivity index (χ4n) is 0.475. The van der Waals surface area contributed by atoms with Gasteiger partial charge in [0, 0.05) is 19.2 Å². The molecule has 0 aromatic heterocycles. The lowest BCUT2D eigenvalue weighted by molar-refractivity contribution is -0.135. The number of carbonyl (C=O) groups is 2. The van der Waals surface area contributed by atoms with Gasteiger partial charge in [0.1, 0.15) is 0 Å². The number of hydrogen-bond donors (Lipinski definition) is 0. The molecule has 0 atom stereocenters. The van der Waals surface area contributed by atoms with Crippen LogP contribution in [0.1, 0.15) is 13.3 Å². The third-order valence-corrected chi connectivity index (χ3v) is 1.32. The molecule has 0 aromatic carbocycles. The van der Waals surface area contributed by atoms with E-state index in [9.17, 15) is 9.59 Å². The molecule has 0 saturated carbocycles. The summed E-state index contributed by atoms with van der Waals surface area (Å²) in [6, 6.07) is 0. The Kier molecular flexibility index (Phi) is 4.69. The maximum Gasteiger partial charge on any atom is 0.253 e. The summed E-state index contributed by atoms with van der Waals surface area (Å²) in [6.45, 7) is 5.54. The Morgan fingerprint density at radius 1 is 1.42 bits per heavy atom. The summed E-state index contributed by atoms with van der Waals surface area (Å²) >= 11 is 0. The van der Waals surface area contributed by atoms with Crippen molar-refractivity contribution in [3.05, 3.63) is 24.8 Å². The van der Waals surface area contributed by atoms with Crippen LogP contribution in [0, 0.1) is 0 Å². The molecule has 0 radical (unpaired) electrons. The van der Waals surface area contributed by atoms with Crippen LogP contribution in [-0.2, 0) is 9.59 Å². The molecule has 3 nitrogen and oxygen atoms in total. The van der Waals surface area contributed by atoms with Gasteiger partial charge in [-0.25, -0.2) is 0 Å². The molecule has 0 aliphatic carbocycles. The Hall–Kier alpha value is -1.38. The average Bonchev–Trinajstić information content (AvgIpc) is 2.37. The second-order valence-electron chi connectivity index (χ2n) is 2.27. The minimum atomic E-state index is -0.241. The molecule has 0 aromatic rings. The smallest absolute Gasteiger partial charge is 0.253 e. The lowest BCUT2D eigenvalue weighted by atomic mass is 10.5. The van der Waals surface area contributed by atoms with Gasteiger partial charge < -0.3 is 0 Å². The Balaban J connectivity index is 0.000000261. The van der Waals surface area contributed by atoms with Gasteiger partial charge in [-0.1, -0.05) is 13.0 Å². The van der Waals surface area contributed by atoms with Crippen molar-refractivity contribution in [2.75, 3.05) is 7.05 Å². The predicted molar refractivity (Wildman–Crippen MR) is 47.4 cm³/mol. The van der Waals surface area contributed by atoms with Crippen molar-refractivity contribution in [2.45, 2.75) is 13.3 Å². The maximum absolute atomic E-state index is 10.4. The molecule has 0 bridgehead atoms. The first-order valence-electron chi connectivity index (χ1n) is 3.74. The Bertz CT molecular complexity index is 201. The van der Waals surface area contributed by atoms with Crippen molar-refractivity contribution in [1.29, 1.82) is 0 Å². The van der Waals surface area contributed by atoms with Gasteiger partial charge in [-0.05, 0) is 6.42 Å². The van der Waals surface area contributed by atoms with Crippen LogP contribution >= 0.6 is 0 Å². The minimum Gasteiger partial charge on any atom is -0.279 e. The number of nitrogens with zero attached hydrogens (tertiary/aromatic N) is 1. The first-order chi connectivity index (χ1) is 5.63. The summed E-state index contributed by atoms with van der Waals surface area (Å²) in [5.41, 5.74) is 0. The number of amides is 2. The molecule has 0 unspecified atom stereocenters. The second-order valence-corrected chi connectivity index (χ2v) is 2.27. The molecule has 0 fully saturated rings. The zero-order valence-corrected chi connectivity index (χ0v) is 7.41. The Labute approximate surface area is 72.4 Å². The highest BCUT2D eigenvalue weighted by molar-refractivity contribution is 6.12. The zero-order valence-electron chi connectivity index (χ0n) is 7.41. The van der Waals surface area contributed by atoms with Gasteiger partial charge in [-0.15, -0.1) is 6.58 Å². The molecule has 0 saturated heterocycles. The molecular formula is C9H13NO2. The van der Waals surface area contributed by atoms with Crippen LogP contribution < -0.4 is 0 Å². The standard InChI is InChI=1S/C5H5NO2.C4H8/c1-6-4(7)2-3-5(6)8;1-3-4-2/h2-3H,1H3;3H,1,4H2,2H3. The van der Waals surface area contributed by atoms with Crippen LogP contribution in [0.3, 0.4) is 0 Å². The molecular weight excluding hydrogens is 154 g/mol. The SMILES string of the molecule is C=CCC.CN1C(=O)C=CC1=O. The quantitative estimate of drug-likeness (QED) is 0.433. The van der Waals surface area contributed by atoms with E-state index < -0.39 is 0 Å². The molecule has 2 amide bonds. The van der Waals surface area contributed by atoms with E-state index in [1.807, 2.05) is 6.08 Å². The van der Waals surface area contributed by atoms with E-state index in [4.69, 9.17) is 0 Å². The zero-order chi connectivity index (χ0) is 9.56. The van der Waals surface area contributed by atoms with Gasteiger partial charge >= 0.3 is 0 Å². The number of rotatable bonds is 1. The second kappa shape index (κ2) is 5.29. The summed E-state index contributed by atoms with van der Waals surface area (Å²) in [5, 5.41) is 0. The van der Waals surface area contributed by atoms with Crippen molar-refractivity contribution < 1.29 is 9.59 Å². The van der Waals surface area contributed by atoms with E-state index in [0.29, 0.717) is 0 Å². The summed E-state index contributed by atoms with van der Waals surface area (Å²) in [7, 11) is 1.45. The van der Waals surface area contributed by atoms with Crippen molar-refractivity contribution in [3.8, 4) is 0 Å². The van der Waals surface area contributed by atoms with Crippen molar-refractivity contribution in [2.24, 2.45) is 0 Å². The van der Waals surface area contributed by atoms with Crippen LogP contribution in [-0.4, -0.2) is 23.8 Å². The summed E-state index contributed by atoms with van der Waals surface area (Å²) in [6.07, 6.45) is 5.46. The van der Waals surface area contributed by atoms with Crippen LogP contribution in [0.5, 0.6) is 0 Å². The normalized spacial score (nSPS) is 14.3. The van der Waals surface area contributed by atoms with Gasteiger partial charge in [-0.3, -0.25) is 14.5 Å². The van der Waals surface area contributed by atoms with Gasteiger partial charge in [0.15, 0.2) is 0 Å². The van der Waals surface area contributed by atoms with Gasteiger partial charge in [0.05, 0.1) is 0 Å². The van der Waals surface area contributed by atoms with E-state index >= 15 is 0 Å². The number of imide groups is 1. The fourth-order valence-corrected chi connectivity index (χ4v) is 0.475. The number of hydrogen-bond acceptors (Lipinski definition) is 2. The van der Waals surface area contributed by atoms with E-state index in [1.165, 1.54) is 19.2 Å². The van der Waals surface area contributed by atoms with E-state index in [2.05, 4.69) is 13.5 Å². The molecule has 66 valence electrons.